The predicted octanol–water partition coefficient (Wildman–Crippen LogP) is 2.31. The maximum atomic E-state index is 5.55. The van der Waals surface area contributed by atoms with E-state index in [0.29, 0.717) is 12.6 Å². The topological polar surface area (TPSA) is 42.1 Å². The average Bonchev–Trinajstić information content (AvgIpc) is 2.54. The lowest BCUT2D eigenvalue weighted by molar-refractivity contribution is 0.615. The molecule has 0 aromatic carbocycles. The van der Waals surface area contributed by atoms with E-state index < -0.39 is 0 Å². The lowest BCUT2D eigenvalue weighted by Crippen LogP contribution is -2.32. The number of nitrogens with zero attached hydrogens (tertiary/aromatic N) is 2. The van der Waals surface area contributed by atoms with Gasteiger partial charge in [0.05, 0.1) is 17.6 Å². The van der Waals surface area contributed by atoms with E-state index >= 15 is 0 Å². The van der Waals surface area contributed by atoms with Crippen LogP contribution in [-0.4, -0.2) is 17.6 Å². The quantitative estimate of drug-likeness (QED) is 0.830. The fraction of sp³-hybridized carbons (Fsp3) is 0.615. The van der Waals surface area contributed by atoms with Crippen molar-refractivity contribution in [2.45, 2.75) is 45.2 Å². The molecule has 1 unspecified atom stereocenters. The number of pyridine rings is 1. The molecule has 3 heteroatoms. The largest absolute Gasteiger partial charge is 0.368 e. The summed E-state index contributed by atoms with van der Waals surface area (Å²) in [7, 11) is 0. The van der Waals surface area contributed by atoms with Crippen LogP contribution >= 0.6 is 0 Å². The molecule has 3 nitrogen and oxygen atoms in total. The number of hydrogen-bond donors (Lipinski definition) is 1. The van der Waals surface area contributed by atoms with Gasteiger partial charge in [0.2, 0.25) is 0 Å². The van der Waals surface area contributed by atoms with Crippen LogP contribution in [0.4, 0.5) is 5.69 Å². The molecule has 1 aromatic rings. The molecule has 1 aliphatic heterocycles. The monoisotopic (exact) mass is 219 g/mol. The van der Waals surface area contributed by atoms with Crippen LogP contribution in [-0.2, 0) is 6.54 Å². The Bertz CT molecular complexity index is 320. The van der Waals surface area contributed by atoms with E-state index in [9.17, 15) is 0 Å². The van der Waals surface area contributed by atoms with E-state index in [-0.39, 0.29) is 0 Å². The standard InChI is InChI=1S/C13H21N3/c1-11-5-3-2-4-8-16(11)13-7-6-12(9-14)15-10-13/h6-7,10-11H,2-5,8-9,14H2,1H3. The third kappa shape index (κ3) is 2.53. The van der Waals surface area contributed by atoms with Gasteiger partial charge in [-0.05, 0) is 31.9 Å². The Morgan fingerprint density at radius 1 is 1.38 bits per heavy atom. The van der Waals surface area contributed by atoms with Gasteiger partial charge in [0, 0.05) is 19.1 Å². The molecule has 1 aromatic heterocycles. The van der Waals surface area contributed by atoms with Crippen molar-refractivity contribution < 1.29 is 0 Å². The third-order valence-corrected chi connectivity index (χ3v) is 3.40. The predicted molar refractivity (Wildman–Crippen MR) is 67.4 cm³/mol. The van der Waals surface area contributed by atoms with Crippen LogP contribution in [0.2, 0.25) is 0 Å². The molecule has 0 radical (unpaired) electrons. The Hall–Kier alpha value is -1.09. The van der Waals surface area contributed by atoms with Gasteiger partial charge in [-0.3, -0.25) is 4.98 Å². The van der Waals surface area contributed by atoms with E-state index in [1.54, 1.807) is 0 Å². The second-order valence-corrected chi connectivity index (χ2v) is 4.60. The third-order valence-electron chi connectivity index (χ3n) is 3.40. The number of anilines is 1. The summed E-state index contributed by atoms with van der Waals surface area (Å²) >= 11 is 0. The maximum absolute atomic E-state index is 5.55. The van der Waals surface area contributed by atoms with Gasteiger partial charge >= 0.3 is 0 Å². The molecule has 1 aliphatic rings. The average molecular weight is 219 g/mol. The highest BCUT2D eigenvalue weighted by atomic mass is 15.2. The van der Waals surface area contributed by atoms with Crippen molar-refractivity contribution in [3.05, 3.63) is 24.0 Å². The van der Waals surface area contributed by atoms with Crippen LogP contribution in [0, 0.1) is 0 Å². The first kappa shape index (κ1) is 11.4. The molecule has 1 fully saturated rings. The molecule has 0 amide bonds. The highest BCUT2D eigenvalue weighted by Crippen LogP contribution is 2.23. The fourth-order valence-electron chi connectivity index (χ4n) is 2.37. The van der Waals surface area contributed by atoms with E-state index in [1.807, 2.05) is 12.3 Å². The highest BCUT2D eigenvalue weighted by molar-refractivity contribution is 5.45. The lowest BCUT2D eigenvalue weighted by atomic mass is 10.1. The van der Waals surface area contributed by atoms with Crippen LogP contribution in [0.3, 0.4) is 0 Å². The summed E-state index contributed by atoms with van der Waals surface area (Å²) in [6.07, 6.45) is 7.26. The zero-order valence-corrected chi connectivity index (χ0v) is 10.0. The smallest absolute Gasteiger partial charge is 0.0555 e. The van der Waals surface area contributed by atoms with Gasteiger partial charge in [-0.2, -0.15) is 0 Å². The van der Waals surface area contributed by atoms with Crippen molar-refractivity contribution in [1.82, 2.24) is 4.98 Å². The summed E-state index contributed by atoms with van der Waals surface area (Å²) in [5.74, 6) is 0. The minimum Gasteiger partial charge on any atom is -0.368 e. The molecular weight excluding hydrogens is 198 g/mol. The fourth-order valence-corrected chi connectivity index (χ4v) is 2.37. The Labute approximate surface area is 97.7 Å². The molecule has 0 saturated carbocycles. The molecule has 16 heavy (non-hydrogen) atoms. The summed E-state index contributed by atoms with van der Waals surface area (Å²) in [5.41, 5.74) is 7.76. The first-order valence-electron chi connectivity index (χ1n) is 6.23. The number of rotatable bonds is 2. The van der Waals surface area contributed by atoms with Gasteiger partial charge < -0.3 is 10.6 Å². The Morgan fingerprint density at radius 3 is 2.94 bits per heavy atom. The highest BCUT2D eigenvalue weighted by Gasteiger charge is 2.17. The van der Waals surface area contributed by atoms with Crippen molar-refractivity contribution in [3.8, 4) is 0 Å². The second kappa shape index (κ2) is 5.30. The normalized spacial score (nSPS) is 21.9. The van der Waals surface area contributed by atoms with Crippen LogP contribution in [0.15, 0.2) is 18.3 Å². The molecule has 2 N–H and O–H groups in total. The molecule has 0 aliphatic carbocycles. The van der Waals surface area contributed by atoms with E-state index in [0.717, 1.165) is 12.2 Å². The van der Waals surface area contributed by atoms with Crippen LogP contribution in [0.1, 0.15) is 38.3 Å². The maximum Gasteiger partial charge on any atom is 0.0555 e. The molecule has 88 valence electrons. The van der Waals surface area contributed by atoms with Crippen LogP contribution in [0.5, 0.6) is 0 Å². The molecular formula is C13H21N3. The molecule has 2 heterocycles. The van der Waals surface area contributed by atoms with Crippen molar-refractivity contribution in [3.63, 3.8) is 0 Å². The van der Waals surface area contributed by atoms with Gasteiger partial charge in [0.25, 0.3) is 0 Å². The number of nitrogens with two attached hydrogens (primary N) is 1. The summed E-state index contributed by atoms with van der Waals surface area (Å²) < 4.78 is 0. The Morgan fingerprint density at radius 2 is 2.25 bits per heavy atom. The van der Waals surface area contributed by atoms with E-state index in [4.69, 9.17) is 5.73 Å². The van der Waals surface area contributed by atoms with Crippen molar-refractivity contribution >= 4 is 5.69 Å². The first-order valence-corrected chi connectivity index (χ1v) is 6.23. The zero-order valence-electron chi connectivity index (χ0n) is 10.0. The van der Waals surface area contributed by atoms with Gasteiger partial charge in [-0.25, -0.2) is 0 Å². The van der Waals surface area contributed by atoms with Gasteiger partial charge in [0.1, 0.15) is 0 Å². The molecule has 1 saturated heterocycles. The van der Waals surface area contributed by atoms with Crippen molar-refractivity contribution in [1.29, 1.82) is 0 Å². The van der Waals surface area contributed by atoms with Crippen LogP contribution in [0.25, 0.3) is 0 Å². The van der Waals surface area contributed by atoms with Gasteiger partial charge in [-0.1, -0.05) is 12.8 Å². The van der Waals surface area contributed by atoms with E-state index in [1.165, 1.54) is 31.4 Å². The summed E-state index contributed by atoms with van der Waals surface area (Å²) in [5, 5.41) is 0. The van der Waals surface area contributed by atoms with E-state index in [2.05, 4.69) is 22.9 Å². The Kier molecular flexibility index (Phi) is 3.78. The van der Waals surface area contributed by atoms with Crippen molar-refractivity contribution in [2.24, 2.45) is 5.73 Å². The molecule has 0 spiro atoms. The Balaban J connectivity index is 2.14. The minimum atomic E-state index is 0.524. The second-order valence-electron chi connectivity index (χ2n) is 4.60. The summed E-state index contributed by atoms with van der Waals surface area (Å²) in [6, 6.07) is 4.82. The first-order chi connectivity index (χ1) is 7.81. The number of aromatic nitrogens is 1. The number of hydrogen-bond acceptors (Lipinski definition) is 3. The van der Waals surface area contributed by atoms with Gasteiger partial charge in [0.15, 0.2) is 0 Å². The van der Waals surface area contributed by atoms with Gasteiger partial charge in [-0.15, -0.1) is 0 Å². The minimum absolute atomic E-state index is 0.524. The summed E-state index contributed by atoms with van der Waals surface area (Å²) in [4.78, 5) is 6.84. The molecule has 2 rings (SSSR count). The lowest BCUT2D eigenvalue weighted by Gasteiger charge is -2.29. The summed E-state index contributed by atoms with van der Waals surface area (Å²) in [6.45, 7) is 3.99. The van der Waals surface area contributed by atoms with Crippen molar-refractivity contribution in [2.75, 3.05) is 11.4 Å². The molecule has 1 atom stereocenters. The SMILES string of the molecule is CC1CCCCCN1c1ccc(CN)nc1. The van der Waals surface area contributed by atoms with Crippen LogP contribution < -0.4 is 10.6 Å². The molecule has 0 bridgehead atoms. The zero-order chi connectivity index (χ0) is 11.4.